The molecule has 1 aromatic rings. The van der Waals surface area contributed by atoms with E-state index in [9.17, 15) is 9.59 Å². The maximum atomic E-state index is 12.9. The van der Waals surface area contributed by atoms with Gasteiger partial charge in [-0.15, -0.1) is 0 Å². The molecule has 2 aliphatic rings. The maximum Gasteiger partial charge on any atom is 0.248 e. The molecule has 1 saturated heterocycles. The third-order valence-electron chi connectivity index (χ3n) is 6.12. The first-order valence-corrected chi connectivity index (χ1v) is 11.1. The first-order chi connectivity index (χ1) is 14.7. The van der Waals surface area contributed by atoms with E-state index in [1.807, 2.05) is 35.2 Å². The van der Waals surface area contributed by atoms with Crippen LogP contribution in [-0.4, -0.2) is 80.7 Å². The monoisotopic (exact) mass is 417 g/mol. The number of amides is 2. The van der Waals surface area contributed by atoms with Crippen molar-refractivity contribution in [2.75, 3.05) is 53.0 Å². The van der Waals surface area contributed by atoms with Gasteiger partial charge in [0.1, 0.15) is 6.61 Å². The van der Waals surface area contributed by atoms with Crippen LogP contribution < -0.4 is 5.32 Å². The Morgan fingerprint density at radius 2 is 1.80 bits per heavy atom. The molecule has 1 atom stereocenters. The van der Waals surface area contributed by atoms with E-state index >= 15 is 0 Å². The summed E-state index contributed by atoms with van der Waals surface area (Å²) in [6.45, 7) is 4.33. The van der Waals surface area contributed by atoms with Gasteiger partial charge in [-0.1, -0.05) is 43.2 Å². The number of nitrogens with one attached hydrogen (secondary N) is 1. The lowest BCUT2D eigenvalue weighted by atomic mass is 9.95. The molecule has 0 bridgehead atoms. The average molecular weight is 418 g/mol. The summed E-state index contributed by atoms with van der Waals surface area (Å²) < 4.78 is 10.7. The molecule has 7 heteroatoms. The van der Waals surface area contributed by atoms with Gasteiger partial charge in [-0.05, 0) is 24.3 Å². The normalized spacial score (nSPS) is 19.0. The van der Waals surface area contributed by atoms with E-state index < -0.39 is 0 Å². The van der Waals surface area contributed by atoms with Gasteiger partial charge in [0.25, 0.3) is 0 Å². The van der Waals surface area contributed by atoms with E-state index in [0.717, 1.165) is 31.5 Å². The first-order valence-electron chi connectivity index (χ1n) is 11.1. The Hall–Kier alpha value is -1.96. The van der Waals surface area contributed by atoms with Crippen molar-refractivity contribution in [3.8, 4) is 0 Å². The Morgan fingerprint density at radius 1 is 1.10 bits per heavy atom. The van der Waals surface area contributed by atoms with Gasteiger partial charge in [0.05, 0.1) is 19.3 Å². The summed E-state index contributed by atoms with van der Waals surface area (Å²) >= 11 is 0. The zero-order chi connectivity index (χ0) is 21.2. The summed E-state index contributed by atoms with van der Waals surface area (Å²) in [4.78, 5) is 29.5. The second kappa shape index (κ2) is 12.0. The molecular weight excluding hydrogens is 382 g/mol. The highest BCUT2D eigenvalue weighted by Crippen LogP contribution is 2.31. The predicted octanol–water partition coefficient (Wildman–Crippen LogP) is 1.67. The van der Waals surface area contributed by atoms with Crippen molar-refractivity contribution in [2.24, 2.45) is 5.92 Å². The lowest BCUT2D eigenvalue weighted by molar-refractivity contribution is -0.139. The van der Waals surface area contributed by atoms with Crippen molar-refractivity contribution in [2.45, 2.75) is 38.3 Å². The Bertz CT molecular complexity index is 656. The van der Waals surface area contributed by atoms with Crippen LogP contribution in [0.25, 0.3) is 0 Å². The highest BCUT2D eigenvalue weighted by molar-refractivity contribution is 5.82. The van der Waals surface area contributed by atoms with E-state index in [2.05, 4.69) is 10.2 Å². The maximum absolute atomic E-state index is 12.9. The zero-order valence-electron chi connectivity index (χ0n) is 18.1. The average Bonchev–Trinajstić information content (AvgIpc) is 3.29. The molecule has 0 radical (unpaired) electrons. The largest absolute Gasteiger partial charge is 0.383 e. The van der Waals surface area contributed by atoms with Crippen LogP contribution in [0.15, 0.2) is 30.3 Å². The van der Waals surface area contributed by atoms with Crippen LogP contribution in [0.3, 0.4) is 0 Å². The predicted molar refractivity (Wildman–Crippen MR) is 115 cm³/mol. The molecule has 166 valence electrons. The third-order valence-corrected chi connectivity index (χ3v) is 6.12. The number of ether oxygens (including phenoxy) is 2. The zero-order valence-corrected chi connectivity index (χ0v) is 18.1. The van der Waals surface area contributed by atoms with Crippen molar-refractivity contribution >= 4 is 11.8 Å². The molecule has 1 saturated carbocycles. The second-order valence-electron chi connectivity index (χ2n) is 8.17. The summed E-state index contributed by atoms with van der Waals surface area (Å²) in [6.07, 6.45) is 4.61. The van der Waals surface area contributed by atoms with Crippen LogP contribution in [-0.2, 0) is 25.7 Å². The Morgan fingerprint density at radius 3 is 2.47 bits per heavy atom. The molecule has 1 heterocycles. The van der Waals surface area contributed by atoms with Gasteiger partial charge in [0.15, 0.2) is 0 Å². The molecular formula is C23H35N3O4. The number of piperazine rings is 1. The smallest absolute Gasteiger partial charge is 0.248 e. The number of hydrogen-bond acceptors (Lipinski definition) is 5. The lowest BCUT2D eigenvalue weighted by Gasteiger charge is -2.40. The number of rotatable bonds is 10. The minimum atomic E-state index is -0.101. The van der Waals surface area contributed by atoms with Crippen molar-refractivity contribution < 1.29 is 19.1 Å². The Labute approximate surface area is 179 Å². The van der Waals surface area contributed by atoms with Gasteiger partial charge >= 0.3 is 0 Å². The van der Waals surface area contributed by atoms with E-state index in [0.29, 0.717) is 38.8 Å². The molecule has 1 aliphatic carbocycles. The fourth-order valence-electron chi connectivity index (χ4n) is 4.50. The minimum Gasteiger partial charge on any atom is -0.383 e. The first kappa shape index (κ1) is 22.7. The van der Waals surface area contributed by atoms with Crippen LogP contribution in [0.4, 0.5) is 0 Å². The molecule has 1 aromatic carbocycles. The fraction of sp³-hybridized carbons (Fsp3) is 0.652. The van der Waals surface area contributed by atoms with Crippen LogP contribution >= 0.6 is 0 Å². The van der Waals surface area contributed by atoms with Gasteiger partial charge in [-0.25, -0.2) is 0 Å². The minimum absolute atomic E-state index is 0.0209. The van der Waals surface area contributed by atoms with Gasteiger partial charge in [-0.2, -0.15) is 0 Å². The number of nitrogens with zero attached hydrogens (tertiary/aromatic N) is 2. The summed E-state index contributed by atoms with van der Waals surface area (Å²) in [5.41, 5.74) is 1.06. The number of benzene rings is 1. The van der Waals surface area contributed by atoms with Crippen LogP contribution in [0.5, 0.6) is 0 Å². The van der Waals surface area contributed by atoms with Crippen LogP contribution in [0.2, 0.25) is 0 Å². The molecule has 0 aromatic heterocycles. The SMILES string of the molecule is COCCNC(=O)[C@H](C1CCCC1)N1CCN(C(=O)COCc2ccccc2)CC1. The van der Waals surface area contributed by atoms with Crippen molar-refractivity contribution in [1.29, 1.82) is 0 Å². The van der Waals surface area contributed by atoms with Crippen LogP contribution in [0.1, 0.15) is 31.2 Å². The Balaban J connectivity index is 1.46. The van der Waals surface area contributed by atoms with Crippen molar-refractivity contribution in [1.82, 2.24) is 15.1 Å². The number of methoxy groups -OCH3 is 1. The van der Waals surface area contributed by atoms with Gasteiger partial charge < -0.3 is 19.7 Å². The number of carbonyl (C=O) groups excluding carboxylic acids is 2. The Kier molecular flexibility index (Phi) is 9.11. The van der Waals surface area contributed by atoms with E-state index in [4.69, 9.17) is 9.47 Å². The van der Waals surface area contributed by atoms with Crippen molar-refractivity contribution in [3.05, 3.63) is 35.9 Å². The highest BCUT2D eigenvalue weighted by Gasteiger charge is 2.37. The quantitative estimate of drug-likeness (QED) is 0.587. The molecule has 3 rings (SSSR count). The summed E-state index contributed by atoms with van der Waals surface area (Å²) in [6, 6.07) is 9.77. The van der Waals surface area contributed by atoms with E-state index in [1.54, 1.807) is 7.11 Å². The summed E-state index contributed by atoms with van der Waals surface area (Å²) in [5, 5.41) is 3.03. The molecule has 1 N–H and O–H groups in total. The van der Waals surface area contributed by atoms with Crippen molar-refractivity contribution in [3.63, 3.8) is 0 Å². The lowest BCUT2D eigenvalue weighted by Crippen LogP contribution is -2.58. The van der Waals surface area contributed by atoms with E-state index in [1.165, 1.54) is 12.8 Å². The van der Waals surface area contributed by atoms with Gasteiger partial charge in [-0.3, -0.25) is 14.5 Å². The second-order valence-corrected chi connectivity index (χ2v) is 8.17. The topological polar surface area (TPSA) is 71.1 Å². The number of hydrogen-bond donors (Lipinski definition) is 1. The fourth-order valence-corrected chi connectivity index (χ4v) is 4.50. The molecule has 0 unspecified atom stereocenters. The molecule has 30 heavy (non-hydrogen) atoms. The summed E-state index contributed by atoms with van der Waals surface area (Å²) in [5.74, 6) is 0.529. The molecule has 2 amide bonds. The van der Waals surface area contributed by atoms with Gasteiger partial charge in [0.2, 0.25) is 11.8 Å². The summed E-state index contributed by atoms with van der Waals surface area (Å²) in [7, 11) is 1.64. The van der Waals surface area contributed by atoms with Crippen LogP contribution in [0, 0.1) is 5.92 Å². The molecule has 7 nitrogen and oxygen atoms in total. The standard InChI is InChI=1S/C23H35N3O4/c1-29-16-11-24-23(28)22(20-9-5-6-10-20)26-14-12-25(13-15-26)21(27)18-30-17-19-7-3-2-4-8-19/h2-4,7-8,20,22H,5-6,9-18H2,1H3,(H,24,28)/t22-/m0/s1. The van der Waals surface area contributed by atoms with E-state index in [-0.39, 0.29) is 24.5 Å². The third kappa shape index (κ3) is 6.52. The molecule has 2 fully saturated rings. The molecule has 1 aliphatic heterocycles. The molecule has 0 spiro atoms. The number of carbonyl (C=O) groups is 2. The van der Waals surface area contributed by atoms with Gasteiger partial charge in [0, 0.05) is 39.8 Å². The highest BCUT2D eigenvalue weighted by atomic mass is 16.5.